The largest absolute Gasteiger partial charge is 0.400 e. The summed E-state index contributed by atoms with van der Waals surface area (Å²) in [5.74, 6) is -2.61. The molecule has 0 spiro atoms. The number of alkyl halides is 5. The fourth-order valence-corrected chi connectivity index (χ4v) is 4.00. The van der Waals surface area contributed by atoms with E-state index >= 15 is 0 Å². The van der Waals surface area contributed by atoms with E-state index in [0.29, 0.717) is 5.56 Å². The van der Waals surface area contributed by atoms with Crippen LogP contribution in [0.5, 0.6) is 0 Å². The van der Waals surface area contributed by atoms with Crippen molar-refractivity contribution in [3.63, 3.8) is 0 Å². The van der Waals surface area contributed by atoms with Crippen LogP contribution in [0.15, 0.2) is 0 Å². The van der Waals surface area contributed by atoms with Crippen LogP contribution in [0.1, 0.15) is 62.1 Å². The van der Waals surface area contributed by atoms with E-state index in [4.69, 9.17) is 0 Å². The molecule has 3 saturated carbocycles. The molecule has 3 fully saturated rings. The summed E-state index contributed by atoms with van der Waals surface area (Å²) in [4.78, 5) is 12.2. The minimum absolute atomic E-state index is 0.00394. The smallest absolute Gasteiger partial charge is 0.335 e. The molecule has 150 valence electrons. The molecule has 2 N–H and O–H groups in total. The Balaban J connectivity index is 1.58. The molecular formula is C17H21F5N4O. The monoisotopic (exact) mass is 392 g/mol. The third kappa shape index (κ3) is 3.06. The summed E-state index contributed by atoms with van der Waals surface area (Å²) >= 11 is 0. The molecule has 0 aromatic carbocycles. The molecular weight excluding hydrogens is 371 g/mol. The van der Waals surface area contributed by atoms with E-state index in [1.807, 2.05) is 0 Å². The third-order valence-corrected chi connectivity index (χ3v) is 6.00. The van der Waals surface area contributed by atoms with E-state index in [1.54, 1.807) is 0 Å². The number of aryl methyl sites for hydroxylation is 1. The standard InChI is InChI=1S/C17H21F5N4O/c1-26-13(24-14(27)23-10-7-16(18,19)8-10)11(9-3-2-4-9)12(25-26)15(5-6-15)17(20,21)22/h9-10H,2-8H2,1H3,(H2,23,24,27). The predicted octanol–water partition coefficient (Wildman–Crippen LogP) is 4.20. The molecule has 3 aliphatic carbocycles. The number of aromatic nitrogens is 2. The molecule has 0 radical (unpaired) electrons. The van der Waals surface area contributed by atoms with Crippen molar-refractivity contribution in [1.29, 1.82) is 0 Å². The Morgan fingerprint density at radius 2 is 1.85 bits per heavy atom. The van der Waals surface area contributed by atoms with Gasteiger partial charge in [-0.25, -0.2) is 13.6 Å². The van der Waals surface area contributed by atoms with Crippen LogP contribution in [-0.4, -0.2) is 34.0 Å². The lowest BCUT2D eigenvalue weighted by Gasteiger charge is -2.35. The number of carbonyl (C=O) groups is 1. The highest BCUT2D eigenvalue weighted by Crippen LogP contribution is 2.61. The van der Waals surface area contributed by atoms with Gasteiger partial charge >= 0.3 is 12.2 Å². The van der Waals surface area contributed by atoms with E-state index < -0.39 is 42.4 Å². The topological polar surface area (TPSA) is 59.0 Å². The van der Waals surface area contributed by atoms with Crippen molar-refractivity contribution in [2.75, 3.05) is 5.32 Å². The number of rotatable bonds is 4. The van der Waals surface area contributed by atoms with Gasteiger partial charge in [-0.05, 0) is 31.6 Å². The van der Waals surface area contributed by atoms with Crippen molar-refractivity contribution in [2.24, 2.45) is 7.05 Å². The van der Waals surface area contributed by atoms with Crippen molar-refractivity contribution < 1.29 is 26.7 Å². The molecule has 3 aliphatic rings. The fraction of sp³-hybridized carbons (Fsp3) is 0.765. The van der Waals surface area contributed by atoms with Gasteiger partial charge in [-0.1, -0.05) is 6.42 Å². The molecule has 0 bridgehead atoms. The van der Waals surface area contributed by atoms with Crippen LogP contribution >= 0.6 is 0 Å². The van der Waals surface area contributed by atoms with Crippen LogP contribution in [0.4, 0.5) is 32.6 Å². The first-order valence-corrected chi connectivity index (χ1v) is 9.12. The minimum atomic E-state index is -4.39. The molecule has 27 heavy (non-hydrogen) atoms. The van der Waals surface area contributed by atoms with Gasteiger partial charge in [0.2, 0.25) is 0 Å². The summed E-state index contributed by atoms with van der Waals surface area (Å²) < 4.78 is 68.0. The van der Waals surface area contributed by atoms with E-state index in [9.17, 15) is 26.7 Å². The SMILES string of the molecule is Cn1nc(C2(C(F)(F)F)CC2)c(C2CCC2)c1NC(=O)NC1CC(F)(F)C1. The van der Waals surface area contributed by atoms with Crippen LogP contribution < -0.4 is 10.6 Å². The van der Waals surface area contributed by atoms with Crippen molar-refractivity contribution in [3.05, 3.63) is 11.3 Å². The number of anilines is 1. The quantitative estimate of drug-likeness (QED) is 0.755. The average molecular weight is 392 g/mol. The Kier molecular flexibility index (Phi) is 3.98. The maximum atomic E-state index is 13.6. The predicted molar refractivity (Wildman–Crippen MR) is 86.9 cm³/mol. The Bertz CT molecular complexity index is 756. The van der Waals surface area contributed by atoms with Crippen molar-refractivity contribution in [2.45, 2.75) is 74.4 Å². The molecule has 1 aromatic heterocycles. The van der Waals surface area contributed by atoms with Gasteiger partial charge in [0.15, 0.2) is 0 Å². The fourth-order valence-electron chi connectivity index (χ4n) is 4.00. The average Bonchev–Trinajstić information content (AvgIpc) is 3.20. The zero-order valence-electron chi connectivity index (χ0n) is 14.8. The first kappa shape index (κ1) is 18.5. The lowest BCUT2D eigenvalue weighted by Crippen LogP contribution is -2.51. The Morgan fingerprint density at radius 1 is 1.22 bits per heavy atom. The van der Waals surface area contributed by atoms with Crippen LogP contribution in [-0.2, 0) is 12.5 Å². The normalized spacial score (nSPS) is 24.1. The van der Waals surface area contributed by atoms with Gasteiger partial charge in [-0.3, -0.25) is 10.00 Å². The van der Waals surface area contributed by atoms with E-state index in [-0.39, 0.29) is 30.3 Å². The van der Waals surface area contributed by atoms with Gasteiger partial charge in [0.25, 0.3) is 5.92 Å². The van der Waals surface area contributed by atoms with E-state index in [2.05, 4.69) is 15.7 Å². The van der Waals surface area contributed by atoms with E-state index in [0.717, 1.165) is 19.3 Å². The van der Waals surface area contributed by atoms with Gasteiger partial charge in [0, 0.05) is 31.5 Å². The number of carbonyl (C=O) groups excluding carboxylic acids is 1. The summed E-state index contributed by atoms with van der Waals surface area (Å²) in [6.07, 6.45) is -2.84. The molecule has 0 saturated heterocycles. The minimum Gasteiger partial charge on any atom is -0.335 e. The zero-order chi connectivity index (χ0) is 19.6. The molecule has 5 nitrogen and oxygen atoms in total. The first-order valence-electron chi connectivity index (χ1n) is 9.12. The molecule has 0 unspecified atom stereocenters. The van der Waals surface area contributed by atoms with Crippen LogP contribution in [0, 0.1) is 0 Å². The third-order valence-electron chi connectivity index (χ3n) is 6.00. The summed E-state index contributed by atoms with van der Waals surface area (Å²) in [6.45, 7) is 0. The summed E-state index contributed by atoms with van der Waals surface area (Å²) in [7, 11) is 1.49. The first-order chi connectivity index (χ1) is 12.5. The number of hydrogen-bond acceptors (Lipinski definition) is 2. The van der Waals surface area contributed by atoms with Gasteiger partial charge < -0.3 is 5.32 Å². The maximum absolute atomic E-state index is 13.6. The number of hydrogen-bond donors (Lipinski definition) is 2. The Labute approximate surface area is 152 Å². The molecule has 0 atom stereocenters. The van der Waals surface area contributed by atoms with Crippen molar-refractivity contribution >= 4 is 11.8 Å². The summed E-state index contributed by atoms with van der Waals surface area (Å²) in [5.41, 5.74) is -1.47. The molecule has 1 heterocycles. The van der Waals surface area contributed by atoms with Crippen molar-refractivity contribution in [3.8, 4) is 0 Å². The highest BCUT2D eigenvalue weighted by molar-refractivity contribution is 5.90. The van der Waals surface area contributed by atoms with Crippen molar-refractivity contribution in [1.82, 2.24) is 15.1 Å². The molecule has 1 aromatic rings. The second-order valence-electron chi connectivity index (χ2n) is 8.00. The highest BCUT2D eigenvalue weighted by atomic mass is 19.4. The lowest BCUT2D eigenvalue weighted by molar-refractivity contribution is -0.161. The number of amides is 2. The van der Waals surface area contributed by atoms with Gasteiger partial charge in [0.1, 0.15) is 11.2 Å². The lowest BCUT2D eigenvalue weighted by atomic mass is 9.77. The zero-order valence-corrected chi connectivity index (χ0v) is 14.8. The highest BCUT2D eigenvalue weighted by Gasteiger charge is 2.67. The van der Waals surface area contributed by atoms with Crippen LogP contribution in [0.25, 0.3) is 0 Å². The van der Waals surface area contributed by atoms with Gasteiger partial charge in [-0.15, -0.1) is 0 Å². The molecule has 0 aliphatic heterocycles. The van der Waals surface area contributed by atoms with Crippen LogP contribution in [0.3, 0.4) is 0 Å². The van der Waals surface area contributed by atoms with Gasteiger partial charge in [-0.2, -0.15) is 18.3 Å². The molecule has 10 heteroatoms. The summed E-state index contributed by atoms with van der Waals surface area (Å²) in [5, 5.41) is 9.15. The van der Waals surface area contributed by atoms with E-state index in [1.165, 1.54) is 11.7 Å². The number of halogens is 5. The number of nitrogens with one attached hydrogen (secondary N) is 2. The number of urea groups is 1. The van der Waals surface area contributed by atoms with Crippen LogP contribution in [0.2, 0.25) is 0 Å². The Morgan fingerprint density at radius 3 is 2.30 bits per heavy atom. The Hall–Kier alpha value is -1.87. The number of nitrogens with zero attached hydrogens (tertiary/aromatic N) is 2. The second kappa shape index (κ2) is 5.81. The molecule has 2 amide bonds. The second-order valence-corrected chi connectivity index (χ2v) is 8.00. The maximum Gasteiger partial charge on any atom is 0.400 e. The molecule has 4 rings (SSSR count). The summed E-state index contributed by atoms with van der Waals surface area (Å²) in [6, 6.07) is -1.33. The van der Waals surface area contributed by atoms with Gasteiger partial charge in [0.05, 0.1) is 5.69 Å².